The van der Waals surface area contributed by atoms with Crippen LogP contribution in [0.4, 0.5) is 5.69 Å². The second-order valence-electron chi connectivity index (χ2n) is 5.23. The molecule has 112 valence electrons. The lowest BCUT2D eigenvalue weighted by Gasteiger charge is -2.06. The predicted octanol–water partition coefficient (Wildman–Crippen LogP) is 3.64. The summed E-state index contributed by atoms with van der Waals surface area (Å²) < 4.78 is 7.18. The van der Waals surface area contributed by atoms with Gasteiger partial charge in [0.1, 0.15) is 11.5 Å². The van der Waals surface area contributed by atoms with Crippen LogP contribution in [-0.2, 0) is 0 Å². The van der Waals surface area contributed by atoms with Crippen LogP contribution in [0.5, 0.6) is 0 Å². The Bertz CT molecular complexity index is 813. The molecule has 5 heteroatoms. The van der Waals surface area contributed by atoms with E-state index in [0.29, 0.717) is 11.3 Å². The number of aromatic nitrogens is 2. The fraction of sp³-hybridized carbons (Fsp3) is 0.176. The summed E-state index contributed by atoms with van der Waals surface area (Å²) in [5, 5.41) is 7.22. The van der Waals surface area contributed by atoms with Gasteiger partial charge in [0.2, 0.25) is 0 Å². The third-order valence-corrected chi connectivity index (χ3v) is 3.40. The van der Waals surface area contributed by atoms with Gasteiger partial charge in [-0.3, -0.25) is 4.79 Å². The zero-order valence-electron chi connectivity index (χ0n) is 12.8. The first kappa shape index (κ1) is 14.1. The normalized spacial score (nSPS) is 10.7. The molecule has 5 nitrogen and oxygen atoms in total. The van der Waals surface area contributed by atoms with E-state index in [1.807, 2.05) is 50.4 Å². The van der Waals surface area contributed by atoms with E-state index in [1.54, 1.807) is 17.7 Å². The lowest BCUT2D eigenvalue weighted by molar-refractivity contribution is 0.102. The third kappa shape index (κ3) is 2.79. The number of furan rings is 1. The average molecular weight is 295 g/mol. The van der Waals surface area contributed by atoms with Crippen molar-refractivity contribution in [3.05, 3.63) is 65.4 Å². The third-order valence-electron chi connectivity index (χ3n) is 3.40. The maximum Gasteiger partial charge on any atom is 0.259 e. The van der Waals surface area contributed by atoms with Crippen LogP contribution < -0.4 is 5.32 Å². The van der Waals surface area contributed by atoms with Crippen molar-refractivity contribution in [1.29, 1.82) is 0 Å². The van der Waals surface area contributed by atoms with Crippen LogP contribution >= 0.6 is 0 Å². The Labute approximate surface area is 128 Å². The SMILES string of the molecule is Cc1ccn(-c2ccc(NC(=O)c3cc(C)oc3C)cc2)n1. The molecule has 0 aliphatic rings. The number of hydrogen-bond donors (Lipinski definition) is 1. The predicted molar refractivity (Wildman–Crippen MR) is 84.4 cm³/mol. The summed E-state index contributed by atoms with van der Waals surface area (Å²) in [7, 11) is 0. The number of benzene rings is 1. The molecule has 1 amide bonds. The number of anilines is 1. The van der Waals surface area contributed by atoms with E-state index in [9.17, 15) is 4.79 Å². The number of rotatable bonds is 3. The van der Waals surface area contributed by atoms with Gasteiger partial charge in [-0.2, -0.15) is 5.10 Å². The standard InChI is InChI=1S/C17H17N3O2/c1-11-8-9-20(19-11)15-6-4-14(5-7-15)18-17(21)16-10-12(2)22-13(16)3/h4-10H,1-3H3,(H,18,21). The van der Waals surface area contributed by atoms with Crippen molar-refractivity contribution >= 4 is 11.6 Å². The van der Waals surface area contributed by atoms with Gasteiger partial charge in [0.15, 0.2) is 0 Å². The van der Waals surface area contributed by atoms with Crippen LogP contribution in [0.1, 0.15) is 27.6 Å². The molecule has 2 heterocycles. The number of nitrogens with zero attached hydrogens (tertiary/aromatic N) is 2. The minimum atomic E-state index is -0.169. The minimum Gasteiger partial charge on any atom is -0.466 e. The van der Waals surface area contributed by atoms with Gasteiger partial charge in [-0.1, -0.05) is 0 Å². The molecular weight excluding hydrogens is 278 g/mol. The fourth-order valence-corrected chi connectivity index (χ4v) is 2.31. The Balaban J connectivity index is 1.76. The summed E-state index contributed by atoms with van der Waals surface area (Å²) in [6.45, 7) is 5.55. The number of nitrogens with one attached hydrogen (secondary N) is 1. The van der Waals surface area contributed by atoms with Gasteiger partial charge in [0, 0.05) is 11.9 Å². The maximum atomic E-state index is 12.2. The first-order chi connectivity index (χ1) is 10.5. The highest BCUT2D eigenvalue weighted by Gasteiger charge is 2.13. The van der Waals surface area contributed by atoms with Crippen molar-refractivity contribution in [2.24, 2.45) is 0 Å². The first-order valence-electron chi connectivity index (χ1n) is 7.04. The number of hydrogen-bond acceptors (Lipinski definition) is 3. The van der Waals surface area contributed by atoms with E-state index in [0.717, 1.165) is 22.8 Å². The molecule has 0 atom stereocenters. The molecule has 3 rings (SSSR count). The van der Waals surface area contributed by atoms with Crippen LogP contribution in [0.25, 0.3) is 5.69 Å². The Morgan fingerprint density at radius 3 is 2.41 bits per heavy atom. The van der Waals surface area contributed by atoms with Crippen molar-refractivity contribution in [2.75, 3.05) is 5.32 Å². The van der Waals surface area contributed by atoms with E-state index in [4.69, 9.17) is 4.42 Å². The van der Waals surface area contributed by atoms with E-state index < -0.39 is 0 Å². The van der Waals surface area contributed by atoms with Crippen LogP contribution in [-0.4, -0.2) is 15.7 Å². The molecule has 22 heavy (non-hydrogen) atoms. The van der Waals surface area contributed by atoms with Crippen molar-refractivity contribution in [1.82, 2.24) is 9.78 Å². The number of amides is 1. The van der Waals surface area contributed by atoms with Crippen molar-refractivity contribution in [2.45, 2.75) is 20.8 Å². The van der Waals surface area contributed by atoms with E-state index in [-0.39, 0.29) is 5.91 Å². The monoisotopic (exact) mass is 295 g/mol. The minimum absolute atomic E-state index is 0.169. The summed E-state index contributed by atoms with van der Waals surface area (Å²) in [6.07, 6.45) is 1.90. The first-order valence-corrected chi connectivity index (χ1v) is 7.04. The molecule has 0 fully saturated rings. The molecule has 3 aromatic rings. The quantitative estimate of drug-likeness (QED) is 0.802. The zero-order chi connectivity index (χ0) is 15.7. The summed E-state index contributed by atoms with van der Waals surface area (Å²) in [4.78, 5) is 12.2. The van der Waals surface area contributed by atoms with Crippen LogP contribution in [0.2, 0.25) is 0 Å². The number of carbonyl (C=O) groups is 1. The molecule has 0 radical (unpaired) electrons. The highest BCUT2D eigenvalue weighted by molar-refractivity contribution is 6.05. The second-order valence-corrected chi connectivity index (χ2v) is 5.23. The molecule has 0 bridgehead atoms. The largest absolute Gasteiger partial charge is 0.466 e. The summed E-state index contributed by atoms with van der Waals surface area (Å²) in [6, 6.07) is 11.2. The highest BCUT2D eigenvalue weighted by atomic mass is 16.3. The summed E-state index contributed by atoms with van der Waals surface area (Å²) in [5.41, 5.74) is 3.20. The van der Waals surface area contributed by atoms with Crippen molar-refractivity contribution < 1.29 is 9.21 Å². The average Bonchev–Trinajstić information content (AvgIpc) is 3.05. The maximum absolute atomic E-state index is 12.2. The molecule has 0 unspecified atom stereocenters. The molecule has 0 saturated carbocycles. The second kappa shape index (κ2) is 5.52. The van der Waals surface area contributed by atoms with Crippen LogP contribution in [0.15, 0.2) is 47.0 Å². The van der Waals surface area contributed by atoms with Crippen molar-refractivity contribution in [3.8, 4) is 5.69 Å². The van der Waals surface area contributed by atoms with Crippen LogP contribution in [0.3, 0.4) is 0 Å². The van der Waals surface area contributed by atoms with Gasteiger partial charge >= 0.3 is 0 Å². The zero-order valence-corrected chi connectivity index (χ0v) is 12.8. The van der Waals surface area contributed by atoms with Gasteiger partial charge in [-0.25, -0.2) is 4.68 Å². The molecular formula is C17H17N3O2. The topological polar surface area (TPSA) is 60.1 Å². The molecule has 0 aliphatic carbocycles. The van der Waals surface area contributed by atoms with Gasteiger partial charge in [0.05, 0.1) is 16.9 Å². The highest BCUT2D eigenvalue weighted by Crippen LogP contribution is 2.17. The van der Waals surface area contributed by atoms with Gasteiger partial charge in [-0.15, -0.1) is 0 Å². The Morgan fingerprint density at radius 2 is 1.86 bits per heavy atom. The lowest BCUT2D eigenvalue weighted by Crippen LogP contribution is -2.12. The van der Waals surface area contributed by atoms with Gasteiger partial charge in [-0.05, 0) is 57.2 Å². The molecule has 2 aromatic heterocycles. The van der Waals surface area contributed by atoms with Crippen LogP contribution in [0, 0.1) is 20.8 Å². The Kier molecular flexibility index (Phi) is 3.55. The Hall–Kier alpha value is -2.82. The van der Waals surface area contributed by atoms with E-state index in [1.165, 1.54) is 0 Å². The fourth-order valence-electron chi connectivity index (χ4n) is 2.31. The Morgan fingerprint density at radius 1 is 1.14 bits per heavy atom. The lowest BCUT2D eigenvalue weighted by atomic mass is 10.2. The van der Waals surface area contributed by atoms with E-state index >= 15 is 0 Å². The number of carbonyl (C=O) groups excluding carboxylic acids is 1. The van der Waals surface area contributed by atoms with E-state index in [2.05, 4.69) is 10.4 Å². The molecule has 0 aliphatic heterocycles. The molecule has 0 saturated heterocycles. The molecule has 1 aromatic carbocycles. The number of aryl methyl sites for hydroxylation is 3. The van der Waals surface area contributed by atoms with Gasteiger partial charge in [0.25, 0.3) is 5.91 Å². The van der Waals surface area contributed by atoms with Crippen molar-refractivity contribution in [3.63, 3.8) is 0 Å². The molecule has 1 N–H and O–H groups in total. The smallest absolute Gasteiger partial charge is 0.259 e. The summed E-state index contributed by atoms with van der Waals surface area (Å²) >= 11 is 0. The summed E-state index contributed by atoms with van der Waals surface area (Å²) in [5.74, 6) is 1.18. The molecule has 0 spiro atoms. The van der Waals surface area contributed by atoms with Gasteiger partial charge < -0.3 is 9.73 Å².